The smallest absolute Gasteiger partial charge is 0.213 e. The van der Waals surface area contributed by atoms with Crippen LogP contribution in [0.1, 0.15) is 11.3 Å². The summed E-state index contributed by atoms with van der Waals surface area (Å²) >= 11 is 0. The molecule has 2 aromatic carbocycles. The van der Waals surface area contributed by atoms with E-state index in [9.17, 15) is 13.2 Å². The van der Waals surface area contributed by atoms with Crippen molar-refractivity contribution in [3.05, 3.63) is 175 Å². The highest BCUT2D eigenvalue weighted by molar-refractivity contribution is 5.78. The zero-order chi connectivity index (χ0) is 38.9. The number of aromatic nitrogens is 7. The molecule has 0 spiro atoms. The fourth-order valence-corrected chi connectivity index (χ4v) is 5.45. The van der Waals surface area contributed by atoms with Crippen LogP contribution in [-0.4, -0.2) is 34.9 Å². The maximum atomic E-state index is 13.0. The Balaban J connectivity index is 0.000000129. The molecule has 0 fully saturated rings. The molecule has 0 aliphatic carbocycles. The van der Waals surface area contributed by atoms with Gasteiger partial charge in [0.05, 0.1) is 33.1 Å². The Kier molecular flexibility index (Phi) is 11.2. The summed E-state index contributed by atoms with van der Waals surface area (Å²) in [5.74, 6) is 0.630. The lowest BCUT2D eigenvalue weighted by atomic mass is 10.2. The first-order chi connectivity index (χ1) is 27.2. The largest absolute Gasteiger partial charge is 0.340 e. The first kappa shape index (κ1) is 36.8. The Labute approximate surface area is 319 Å². The minimum Gasteiger partial charge on any atom is -0.340 e. The van der Waals surface area contributed by atoms with Gasteiger partial charge in [-0.15, -0.1) is 0 Å². The number of para-hydroxylation sites is 2. The second-order valence-electron chi connectivity index (χ2n) is 12.3. The molecule has 0 saturated carbocycles. The highest BCUT2D eigenvalue weighted by atomic mass is 19.1. The Hall–Kier alpha value is -7.54. The maximum absolute atomic E-state index is 13.0. The zero-order valence-corrected chi connectivity index (χ0v) is 30.1. The Bertz CT molecular complexity index is 2770. The third-order valence-corrected chi connectivity index (χ3v) is 8.15. The molecule has 9 aromatic rings. The minimum atomic E-state index is -0.500. The Morgan fingerprint density at radius 3 is 1.32 bits per heavy atom. The van der Waals surface area contributed by atoms with E-state index in [1.54, 1.807) is 60.8 Å². The van der Waals surface area contributed by atoms with Crippen LogP contribution in [0.25, 0.3) is 33.1 Å². The Morgan fingerprint density at radius 1 is 0.393 bits per heavy atom. The van der Waals surface area contributed by atoms with Crippen molar-refractivity contribution < 1.29 is 13.2 Å². The van der Waals surface area contributed by atoms with E-state index in [0.29, 0.717) is 44.7 Å². The summed E-state index contributed by atoms with van der Waals surface area (Å²) in [7, 11) is 0. The van der Waals surface area contributed by atoms with Crippen molar-refractivity contribution in [2.75, 3.05) is 16.0 Å². The van der Waals surface area contributed by atoms with Crippen LogP contribution in [0.2, 0.25) is 0 Å². The quantitative estimate of drug-likeness (QED) is 0.142. The van der Waals surface area contributed by atoms with Crippen molar-refractivity contribution in [1.82, 2.24) is 34.9 Å². The lowest BCUT2D eigenvalue weighted by molar-refractivity contribution is 0.588. The van der Waals surface area contributed by atoms with Crippen LogP contribution in [0, 0.1) is 31.7 Å². The number of aryl methyl sites for hydroxylation is 2. The van der Waals surface area contributed by atoms with Crippen molar-refractivity contribution in [2.45, 2.75) is 13.8 Å². The summed E-state index contributed by atoms with van der Waals surface area (Å²) in [5.41, 5.74) is 8.56. The third kappa shape index (κ3) is 9.71. The van der Waals surface area contributed by atoms with Gasteiger partial charge in [0.2, 0.25) is 17.8 Å². The molecule has 0 aliphatic heterocycles. The average molecular weight is 747 g/mol. The molecule has 0 amide bonds. The molecule has 56 heavy (non-hydrogen) atoms. The van der Waals surface area contributed by atoms with Crippen LogP contribution in [0.3, 0.4) is 0 Å². The summed E-state index contributed by atoms with van der Waals surface area (Å²) in [5, 5.41) is 9.60. The van der Waals surface area contributed by atoms with Crippen LogP contribution < -0.4 is 16.0 Å². The van der Waals surface area contributed by atoms with Crippen LogP contribution >= 0.6 is 0 Å². The lowest BCUT2D eigenvalue weighted by Crippen LogP contribution is -1.96. The van der Waals surface area contributed by atoms with Crippen molar-refractivity contribution in [3.63, 3.8) is 0 Å². The van der Waals surface area contributed by atoms with E-state index in [0.717, 1.165) is 34.1 Å². The van der Waals surface area contributed by atoms with Gasteiger partial charge in [-0.2, -0.15) is 13.2 Å². The number of hydrogen-bond donors (Lipinski definition) is 3. The van der Waals surface area contributed by atoms with Gasteiger partial charge in [0.15, 0.2) is 0 Å². The van der Waals surface area contributed by atoms with E-state index in [1.807, 2.05) is 80.6 Å². The normalized spacial score (nSPS) is 10.6. The van der Waals surface area contributed by atoms with Gasteiger partial charge >= 0.3 is 0 Å². The lowest BCUT2D eigenvalue weighted by Gasteiger charge is -2.08. The topological polar surface area (TPSA) is 126 Å². The number of rotatable bonds is 6. The van der Waals surface area contributed by atoms with Crippen LogP contribution in [0.5, 0.6) is 0 Å². The number of nitrogens with one attached hydrogen (secondary N) is 3. The summed E-state index contributed by atoms with van der Waals surface area (Å²) in [4.78, 5) is 28.6. The third-order valence-electron chi connectivity index (χ3n) is 8.15. The van der Waals surface area contributed by atoms with E-state index in [-0.39, 0.29) is 0 Å². The first-order valence-electron chi connectivity index (χ1n) is 17.4. The predicted octanol–water partition coefficient (Wildman–Crippen LogP) is 10.5. The standard InChI is InChI=1S/C15H12FN3.C14H11FN4.C14H10FN3/c1-10-4-2-3-5-11(10)18-15-9-7-12-13(19-15)6-8-14(16)17-12;1-9-8-10(6-7-16-9)17-14-5-3-11-12(19-14)2-4-13(15)18-11;15-13-8-6-12-11(17-13)7-9-14(18-12)16-10-4-2-1-3-5-10/h2-9H,1H3,(H,18,19);2-8H,1H3,(H,16,17,19);1-9H,(H,16,18). The minimum absolute atomic E-state index is 0.492. The van der Waals surface area contributed by atoms with E-state index in [1.165, 1.54) is 18.2 Å². The van der Waals surface area contributed by atoms with Crippen LogP contribution in [-0.2, 0) is 0 Å². The molecule has 7 heterocycles. The van der Waals surface area contributed by atoms with E-state index < -0.39 is 17.8 Å². The van der Waals surface area contributed by atoms with E-state index >= 15 is 0 Å². The number of benzene rings is 2. The molecule has 13 heteroatoms. The van der Waals surface area contributed by atoms with Gasteiger partial charge in [-0.3, -0.25) is 4.98 Å². The van der Waals surface area contributed by atoms with Gasteiger partial charge in [0.1, 0.15) is 17.5 Å². The average Bonchev–Trinajstić information content (AvgIpc) is 3.20. The van der Waals surface area contributed by atoms with Gasteiger partial charge in [-0.1, -0.05) is 36.4 Å². The second-order valence-corrected chi connectivity index (χ2v) is 12.3. The number of hydrogen-bond acceptors (Lipinski definition) is 10. The molecule has 10 nitrogen and oxygen atoms in total. The fourth-order valence-electron chi connectivity index (χ4n) is 5.45. The number of pyridine rings is 7. The Morgan fingerprint density at radius 2 is 0.821 bits per heavy atom. The molecule has 0 aliphatic rings. The molecule has 3 N–H and O–H groups in total. The second kappa shape index (κ2) is 17.1. The van der Waals surface area contributed by atoms with Crippen molar-refractivity contribution in [2.24, 2.45) is 0 Å². The molecular formula is C43H33F3N10. The monoisotopic (exact) mass is 746 g/mol. The van der Waals surface area contributed by atoms with Gasteiger partial charge in [-0.05, 0) is 123 Å². The predicted molar refractivity (Wildman–Crippen MR) is 215 cm³/mol. The van der Waals surface area contributed by atoms with E-state index in [2.05, 4.69) is 50.8 Å². The van der Waals surface area contributed by atoms with Crippen molar-refractivity contribution in [1.29, 1.82) is 0 Å². The summed E-state index contributed by atoms with van der Waals surface area (Å²) in [6, 6.07) is 40.9. The first-order valence-corrected chi connectivity index (χ1v) is 17.4. The molecule has 0 saturated heterocycles. The molecular weight excluding hydrogens is 714 g/mol. The molecule has 0 unspecified atom stereocenters. The number of nitrogens with zero attached hydrogens (tertiary/aromatic N) is 7. The van der Waals surface area contributed by atoms with E-state index in [4.69, 9.17) is 0 Å². The highest BCUT2D eigenvalue weighted by Gasteiger charge is 2.05. The maximum Gasteiger partial charge on any atom is 0.213 e. The van der Waals surface area contributed by atoms with Crippen molar-refractivity contribution >= 4 is 67.6 Å². The zero-order valence-electron chi connectivity index (χ0n) is 30.1. The number of anilines is 6. The molecule has 7 aromatic heterocycles. The van der Waals surface area contributed by atoms with Gasteiger partial charge in [-0.25, -0.2) is 29.9 Å². The number of fused-ring (bicyclic) bond motifs is 3. The molecule has 276 valence electrons. The molecule has 9 rings (SSSR count). The van der Waals surface area contributed by atoms with Crippen LogP contribution in [0.15, 0.2) is 146 Å². The summed E-state index contributed by atoms with van der Waals surface area (Å²) < 4.78 is 38.9. The number of halogens is 3. The van der Waals surface area contributed by atoms with Crippen LogP contribution in [0.4, 0.5) is 47.7 Å². The van der Waals surface area contributed by atoms with Gasteiger partial charge in [0.25, 0.3) is 0 Å². The molecule has 0 bridgehead atoms. The van der Waals surface area contributed by atoms with Crippen molar-refractivity contribution in [3.8, 4) is 0 Å². The summed E-state index contributed by atoms with van der Waals surface area (Å²) in [6.07, 6.45) is 1.73. The highest BCUT2D eigenvalue weighted by Crippen LogP contribution is 2.22. The van der Waals surface area contributed by atoms with Gasteiger partial charge < -0.3 is 16.0 Å². The SMILES string of the molecule is Cc1cc(Nc2ccc3nc(F)ccc3n2)ccn1.Cc1ccccc1Nc1ccc2nc(F)ccc2n1.Fc1ccc2nc(Nc3ccccc3)ccc2n1. The fraction of sp³-hybridized carbons (Fsp3) is 0.0465. The molecule has 0 radical (unpaired) electrons. The van der Waals surface area contributed by atoms with Gasteiger partial charge in [0, 0.05) is 29.0 Å². The molecule has 0 atom stereocenters. The summed E-state index contributed by atoms with van der Waals surface area (Å²) in [6.45, 7) is 3.95.